The number of amides is 1. The third-order valence-electron chi connectivity index (χ3n) is 3.35. The molecule has 0 saturated heterocycles. The summed E-state index contributed by atoms with van der Waals surface area (Å²) in [7, 11) is 0. The molecule has 2 heterocycles. The van der Waals surface area contributed by atoms with Gasteiger partial charge in [0, 0.05) is 16.1 Å². The van der Waals surface area contributed by atoms with Crippen molar-refractivity contribution < 1.29 is 4.79 Å². The summed E-state index contributed by atoms with van der Waals surface area (Å²) in [4.78, 5) is 14.3. The maximum Gasteiger partial charge on any atom is 0.265 e. The van der Waals surface area contributed by atoms with Crippen molar-refractivity contribution in [2.45, 2.75) is 20.3 Å². The van der Waals surface area contributed by atoms with Crippen LogP contribution < -0.4 is 5.32 Å². The Morgan fingerprint density at radius 3 is 2.91 bits per heavy atom. The molecule has 1 aromatic carbocycles. The smallest absolute Gasteiger partial charge is 0.265 e. The zero-order chi connectivity index (χ0) is 15.5. The highest BCUT2D eigenvalue weighted by molar-refractivity contribution is 7.14. The van der Waals surface area contributed by atoms with Gasteiger partial charge in [-0.2, -0.15) is 5.21 Å². The van der Waals surface area contributed by atoms with Gasteiger partial charge >= 0.3 is 0 Å². The molecule has 0 radical (unpaired) electrons. The van der Waals surface area contributed by atoms with Crippen molar-refractivity contribution in [1.82, 2.24) is 20.6 Å². The second kappa shape index (κ2) is 6.07. The van der Waals surface area contributed by atoms with Gasteiger partial charge < -0.3 is 5.32 Å². The minimum absolute atomic E-state index is 0.0990. The van der Waals surface area contributed by atoms with Gasteiger partial charge in [-0.25, -0.2) is 0 Å². The van der Waals surface area contributed by atoms with E-state index in [4.69, 9.17) is 0 Å². The van der Waals surface area contributed by atoms with Gasteiger partial charge in [0.05, 0.1) is 4.88 Å². The lowest BCUT2D eigenvalue weighted by Crippen LogP contribution is -2.10. The van der Waals surface area contributed by atoms with Gasteiger partial charge in [-0.3, -0.25) is 4.79 Å². The van der Waals surface area contributed by atoms with Crippen LogP contribution in [0.15, 0.2) is 30.3 Å². The molecule has 112 valence electrons. The van der Waals surface area contributed by atoms with Crippen LogP contribution in [0.1, 0.15) is 27.0 Å². The van der Waals surface area contributed by atoms with Gasteiger partial charge in [0.1, 0.15) is 0 Å². The Balaban J connectivity index is 1.80. The third-order valence-corrected chi connectivity index (χ3v) is 4.44. The van der Waals surface area contributed by atoms with Crippen molar-refractivity contribution in [2.24, 2.45) is 0 Å². The predicted molar refractivity (Wildman–Crippen MR) is 86.0 cm³/mol. The molecule has 22 heavy (non-hydrogen) atoms. The van der Waals surface area contributed by atoms with Crippen LogP contribution in [0.5, 0.6) is 0 Å². The van der Waals surface area contributed by atoms with E-state index in [2.05, 4.69) is 32.9 Å². The molecular weight excluding hydrogens is 298 g/mol. The standard InChI is InChI=1S/C15H15N5OS/c1-3-10-8-13(22-9(10)2)15(21)16-12-6-4-5-11(7-12)14-17-19-20-18-14/h4-8H,3H2,1-2H3,(H,16,21)(H,17,18,19,20). The van der Waals surface area contributed by atoms with Crippen molar-refractivity contribution in [1.29, 1.82) is 0 Å². The van der Waals surface area contributed by atoms with Crippen molar-refractivity contribution in [2.75, 3.05) is 5.32 Å². The first-order chi connectivity index (χ1) is 10.7. The van der Waals surface area contributed by atoms with Crippen molar-refractivity contribution in [3.63, 3.8) is 0 Å². The molecule has 6 nitrogen and oxygen atoms in total. The summed E-state index contributed by atoms with van der Waals surface area (Å²) in [5.74, 6) is 0.398. The van der Waals surface area contributed by atoms with E-state index in [1.54, 1.807) is 0 Å². The Labute approximate surface area is 131 Å². The highest BCUT2D eigenvalue weighted by Gasteiger charge is 2.12. The third kappa shape index (κ3) is 2.89. The molecule has 2 aromatic heterocycles. The van der Waals surface area contributed by atoms with Crippen molar-refractivity contribution in [3.05, 3.63) is 45.6 Å². The molecule has 1 amide bonds. The summed E-state index contributed by atoms with van der Waals surface area (Å²) < 4.78 is 0. The Morgan fingerprint density at radius 1 is 1.36 bits per heavy atom. The number of carbonyl (C=O) groups excluding carboxylic acids is 1. The number of H-pyrrole nitrogens is 1. The predicted octanol–water partition coefficient (Wildman–Crippen LogP) is 3.05. The van der Waals surface area contributed by atoms with Gasteiger partial charge in [-0.05, 0) is 42.3 Å². The maximum absolute atomic E-state index is 12.3. The van der Waals surface area contributed by atoms with Crippen LogP contribution >= 0.6 is 11.3 Å². The summed E-state index contributed by atoms with van der Waals surface area (Å²) in [6, 6.07) is 9.33. The number of carbonyl (C=O) groups is 1. The average Bonchev–Trinajstić information content (AvgIpc) is 3.16. The van der Waals surface area contributed by atoms with Crippen LogP contribution in [-0.2, 0) is 6.42 Å². The average molecular weight is 313 g/mol. The minimum Gasteiger partial charge on any atom is -0.321 e. The van der Waals surface area contributed by atoms with E-state index in [1.165, 1.54) is 21.8 Å². The first kappa shape index (κ1) is 14.4. The fourth-order valence-electron chi connectivity index (χ4n) is 2.20. The number of anilines is 1. The minimum atomic E-state index is -0.0990. The van der Waals surface area contributed by atoms with Crippen LogP contribution in [0.3, 0.4) is 0 Å². The first-order valence-corrected chi connectivity index (χ1v) is 7.73. The van der Waals surface area contributed by atoms with Crippen molar-refractivity contribution in [3.8, 4) is 11.4 Å². The lowest BCUT2D eigenvalue weighted by Gasteiger charge is -2.04. The number of thiophene rings is 1. The van der Waals surface area contributed by atoms with E-state index < -0.39 is 0 Å². The van der Waals surface area contributed by atoms with E-state index in [0.717, 1.165) is 16.9 Å². The van der Waals surface area contributed by atoms with E-state index in [1.807, 2.05) is 37.3 Å². The number of aromatic nitrogens is 4. The molecule has 0 saturated carbocycles. The lowest BCUT2D eigenvalue weighted by molar-refractivity contribution is 0.103. The molecule has 0 fully saturated rings. The second-order valence-electron chi connectivity index (χ2n) is 4.82. The molecule has 0 aliphatic heterocycles. The number of aromatic amines is 1. The molecule has 7 heteroatoms. The highest BCUT2D eigenvalue weighted by Crippen LogP contribution is 2.24. The molecule has 0 atom stereocenters. The summed E-state index contributed by atoms with van der Waals surface area (Å²) >= 11 is 1.52. The normalized spacial score (nSPS) is 10.6. The SMILES string of the molecule is CCc1cc(C(=O)Nc2cccc(-c3nn[nH]n3)c2)sc1C. The number of nitrogens with one attached hydrogen (secondary N) is 2. The number of hydrogen-bond donors (Lipinski definition) is 2. The molecule has 2 N–H and O–H groups in total. The van der Waals surface area contributed by atoms with Crippen LogP contribution in [0, 0.1) is 6.92 Å². The molecule has 3 aromatic rings. The van der Waals surface area contributed by atoms with Gasteiger partial charge in [-0.1, -0.05) is 19.1 Å². The molecule has 0 bridgehead atoms. The van der Waals surface area contributed by atoms with E-state index in [0.29, 0.717) is 11.5 Å². The number of nitrogens with zero attached hydrogens (tertiary/aromatic N) is 3. The maximum atomic E-state index is 12.3. The highest BCUT2D eigenvalue weighted by atomic mass is 32.1. The number of aryl methyl sites for hydroxylation is 2. The Bertz CT molecular complexity index is 794. The van der Waals surface area contributed by atoms with E-state index in [9.17, 15) is 4.79 Å². The number of rotatable bonds is 4. The fourth-order valence-corrected chi connectivity index (χ4v) is 3.20. The van der Waals surface area contributed by atoms with E-state index >= 15 is 0 Å². The summed E-state index contributed by atoms with van der Waals surface area (Å²) in [5.41, 5.74) is 2.72. The Hall–Kier alpha value is -2.54. The quantitative estimate of drug-likeness (QED) is 0.775. The van der Waals surface area contributed by atoms with Crippen LogP contribution in [-0.4, -0.2) is 26.5 Å². The van der Waals surface area contributed by atoms with Crippen LogP contribution in [0.2, 0.25) is 0 Å². The van der Waals surface area contributed by atoms with E-state index in [-0.39, 0.29) is 5.91 Å². The number of benzene rings is 1. The summed E-state index contributed by atoms with van der Waals surface area (Å²) in [6.45, 7) is 4.13. The summed E-state index contributed by atoms with van der Waals surface area (Å²) in [5, 5.41) is 16.7. The number of tetrazole rings is 1. The molecule has 0 spiro atoms. The zero-order valence-corrected chi connectivity index (χ0v) is 13.1. The molecular formula is C15H15N5OS. The molecule has 0 aliphatic rings. The van der Waals surface area contributed by atoms with Gasteiger partial charge in [0.2, 0.25) is 5.82 Å². The second-order valence-corrected chi connectivity index (χ2v) is 6.07. The van der Waals surface area contributed by atoms with Gasteiger partial charge in [0.15, 0.2) is 0 Å². The van der Waals surface area contributed by atoms with Crippen LogP contribution in [0.4, 0.5) is 5.69 Å². The van der Waals surface area contributed by atoms with Gasteiger partial charge in [-0.15, -0.1) is 21.5 Å². The number of hydrogen-bond acceptors (Lipinski definition) is 5. The Kier molecular flexibility index (Phi) is 3.97. The fraction of sp³-hybridized carbons (Fsp3) is 0.200. The molecule has 0 unspecified atom stereocenters. The van der Waals surface area contributed by atoms with Crippen LogP contribution in [0.25, 0.3) is 11.4 Å². The first-order valence-electron chi connectivity index (χ1n) is 6.92. The van der Waals surface area contributed by atoms with Gasteiger partial charge in [0.25, 0.3) is 5.91 Å². The largest absolute Gasteiger partial charge is 0.321 e. The molecule has 0 aliphatic carbocycles. The lowest BCUT2D eigenvalue weighted by atomic mass is 10.2. The molecule has 3 rings (SSSR count). The Morgan fingerprint density at radius 2 is 2.23 bits per heavy atom. The summed E-state index contributed by atoms with van der Waals surface area (Å²) in [6.07, 6.45) is 0.933. The zero-order valence-electron chi connectivity index (χ0n) is 12.3. The topological polar surface area (TPSA) is 83.6 Å². The monoisotopic (exact) mass is 313 g/mol. The van der Waals surface area contributed by atoms with Crippen molar-refractivity contribution >= 4 is 22.9 Å².